The Balaban J connectivity index is 2.17. The van der Waals surface area contributed by atoms with Crippen molar-refractivity contribution in [2.45, 2.75) is 13.5 Å². The smallest absolute Gasteiger partial charge is 0.373 e. The molecule has 142 valence electrons. The Morgan fingerprint density at radius 2 is 1.67 bits per heavy atom. The highest BCUT2D eigenvalue weighted by atomic mass is 16.6. The lowest BCUT2D eigenvalue weighted by atomic mass is 10.1. The number of esters is 3. The van der Waals surface area contributed by atoms with Crippen molar-refractivity contribution in [3.8, 4) is 0 Å². The number of ether oxygens (including phenoxy) is 3. The number of carbonyl (C=O) groups is 3. The van der Waals surface area contributed by atoms with Crippen LogP contribution < -0.4 is 0 Å². The van der Waals surface area contributed by atoms with Gasteiger partial charge in [-0.2, -0.15) is 0 Å². The van der Waals surface area contributed by atoms with E-state index in [2.05, 4.69) is 4.74 Å². The Morgan fingerprint density at radius 3 is 2.22 bits per heavy atom. The lowest BCUT2D eigenvalue weighted by Gasteiger charge is -2.06. The quantitative estimate of drug-likeness (QED) is 0.308. The summed E-state index contributed by atoms with van der Waals surface area (Å²) in [6.45, 7) is 1.33. The van der Waals surface area contributed by atoms with Crippen LogP contribution in [0, 0.1) is 10.1 Å². The molecule has 1 aromatic heterocycles. The van der Waals surface area contributed by atoms with E-state index in [1.165, 1.54) is 19.2 Å². The number of methoxy groups -OCH3 is 1. The molecule has 27 heavy (non-hydrogen) atoms. The van der Waals surface area contributed by atoms with Crippen molar-refractivity contribution in [1.29, 1.82) is 0 Å². The number of nitro benzene ring substituents is 1. The molecule has 0 bridgehead atoms. The van der Waals surface area contributed by atoms with Crippen molar-refractivity contribution < 1.29 is 37.9 Å². The molecule has 0 aliphatic carbocycles. The van der Waals surface area contributed by atoms with E-state index >= 15 is 0 Å². The minimum Gasteiger partial charge on any atom is -0.463 e. The van der Waals surface area contributed by atoms with Crippen LogP contribution in [0.15, 0.2) is 34.7 Å². The molecule has 0 spiro atoms. The molecule has 2 aromatic rings. The van der Waals surface area contributed by atoms with Gasteiger partial charge in [0.25, 0.3) is 5.69 Å². The van der Waals surface area contributed by atoms with Gasteiger partial charge in [-0.05, 0) is 25.1 Å². The monoisotopic (exact) mass is 377 g/mol. The third kappa shape index (κ3) is 4.91. The van der Waals surface area contributed by atoms with Gasteiger partial charge in [-0.3, -0.25) is 10.1 Å². The summed E-state index contributed by atoms with van der Waals surface area (Å²) in [6.07, 6.45) is 0. The molecule has 0 fully saturated rings. The molecule has 0 radical (unpaired) electrons. The molecule has 0 aliphatic heterocycles. The van der Waals surface area contributed by atoms with Crippen LogP contribution in [0.3, 0.4) is 0 Å². The maximum Gasteiger partial charge on any atom is 0.373 e. The Kier molecular flexibility index (Phi) is 6.26. The molecule has 0 N–H and O–H groups in total. The zero-order chi connectivity index (χ0) is 20.0. The second-order valence-corrected chi connectivity index (χ2v) is 5.08. The predicted octanol–water partition coefficient (Wildman–Crippen LogP) is 2.51. The third-order valence-electron chi connectivity index (χ3n) is 3.27. The Bertz CT molecular complexity index is 884. The lowest BCUT2D eigenvalue weighted by Crippen LogP contribution is -2.10. The number of nitrogens with zero attached hydrogens (tertiary/aromatic N) is 1. The van der Waals surface area contributed by atoms with Gasteiger partial charge < -0.3 is 18.6 Å². The van der Waals surface area contributed by atoms with Crippen molar-refractivity contribution in [2.75, 3.05) is 13.7 Å². The van der Waals surface area contributed by atoms with Gasteiger partial charge in [0.05, 0.1) is 29.8 Å². The summed E-state index contributed by atoms with van der Waals surface area (Å²) in [5.74, 6) is -2.31. The normalized spacial score (nSPS) is 10.1. The first kappa shape index (κ1) is 19.6. The van der Waals surface area contributed by atoms with Crippen molar-refractivity contribution in [3.05, 3.63) is 63.1 Å². The molecule has 2 rings (SSSR count). The maximum absolute atomic E-state index is 12.2. The largest absolute Gasteiger partial charge is 0.463 e. The predicted molar refractivity (Wildman–Crippen MR) is 88.2 cm³/mol. The first-order valence-corrected chi connectivity index (χ1v) is 7.66. The van der Waals surface area contributed by atoms with Gasteiger partial charge in [0.15, 0.2) is 0 Å². The third-order valence-corrected chi connectivity index (χ3v) is 3.27. The van der Waals surface area contributed by atoms with Crippen LogP contribution in [-0.4, -0.2) is 36.5 Å². The van der Waals surface area contributed by atoms with Gasteiger partial charge in [-0.1, -0.05) is 0 Å². The van der Waals surface area contributed by atoms with Gasteiger partial charge in [-0.25, -0.2) is 14.4 Å². The number of hydrogen-bond acceptors (Lipinski definition) is 9. The summed E-state index contributed by atoms with van der Waals surface area (Å²) in [5, 5.41) is 11.0. The molecule has 10 heteroatoms. The second kappa shape index (κ2) is 8.61. The summed E-state index contributed by atoms with van der Waals surface area (Å²) >= 11 is 0. The molecule has 0 atom stereocenters. The summed E-state index contributed by atoms with van der Waals surface area (Å²) < 4.78 is 19.4. The lowest BCUT2D eigenvalue weighted by molar-refractivity contribution is -0.384. The SMILES string of the molecule is CCOC(=O)c1cc(C(=O)OCc2ccc(C(=O)OC)o2)cc([N+](=O)[O-])c1. The fourth-order valence-corrected chi connectivity index (χ4v) is 2.05. The molecule has 0 saturated heterocycles. The molecule has 0 aliphatic rings. The van der Waals surface area contributed by atoms with Gasteiger partial charge in [0.1, 0.15) is 12.4 Å². The molecule has 0 amide bonds. The van der Waals surface area contributed by atoms with Crippen LogP contribution in [0.4, 0.5) is 5.69 Å². The van der Waals surface area contributed by atoms with E-state index in [1.54, 1.807) is 6.92 Å². The molecule has 1 aromatic carbocycles. The fraction of sp³-hybridized carbons (Fsp3) is 0.235. The summed E-state index contributed by atoms with van der Waals surface area (Å²) in [6, 6.07) is 5.88. The zero-order valence-electron chi connectivity index (χ0n) is 14.4. The molecular formula is C17H15NO9. The molecule has 0 saturated carbocycles. The van der Waals surface area contributed by atoms with Crippen LogP contribution in [0.1, 0.15) is 44.0 Å². The van der Waals surface area contributed by atoms with E-state index < -0.39 is 28.5 Å². The summed E-state index contributed by atoms with van der Waals surface area (Å²) in [7, 11) is 1.19. The highest BCUT2D eigenvalue weighted by molar-refractivity contribution is 5.96. The van der Waals surface area contributed by atoms with Crippen LogP contribution in [0.25, 0.3) is 0 Å². The number of rotatable bonds is 7. The van der Waals surface area contributed by atoms with Gasteiger partial charge in [-0.15, -0.1) is 0 Å². The number of non-ortho nitro benzene ring substituents is 1. The standard InChI is InChI=1S/C17H15NO9/c1-3-25-15(19)10-6-11(8-12(7-10)18(22)23)16(20)26-9-13-4-5-14(27-13)17(21)24-2/h4-8H,3,9H2,1-2H3. The van der Waals surface area contributed by atoms with Crippen LogP contribution in [-0.2, 0) is 20.8 Å². The van der Waals surface area contributed by atoms with Crippen LogP contribution in [0.5, 0.6) is 0 Å². The second-order valence-electron chi connectivity index (χ2n) is 5.08. The number of hydrogen-bond donors (Lipinski definition) is 0. The molecule has 10 nitrogen and oxygen atoms in total. The Morgan fingerprint density at radius 1 is 1.04 bits per heavy atom. The van der Waals surface area contributed by atoms with Crippen molar-refractivity contribution in [1.82, 2.24) is 0 Å². The van der Waals surface area contributed by atoms with E-state index in [9.17, 15) is 24.5 Å². The van der Waals surface area contributed by atoms with E-state index in [1.807, 2.05) is 0 Å². The van der Waals surface area contributed by atoms with Gasteiger partial charge in [0, 0.05) is 12.1 Å². The van der Waals surface area contributed by atoms with Crippen molar-refractivity contribution in [2.24, 2.45) is 0 Å². The average Bonchev–Trinajstić information content (AvgIpc) is 3.14. The highest BCUT2D eigenvalue weighted by Gasteiger charge is 2.20. The molecule has 1 heterocycles. The highest BCUT2D eigenvalue weighted by Crippen LogP contribution is 2.20. The minimum absolute atomic E-state index is 0.0662. The van der Waals surface area contributed by atoms with E-state index in [-0.39, 0.29) is 35.9 Å². The van der Waals surface area contributed by atoms with E-state index in [4.69, 9.17) is 13.9 Å². The van der Waals surface area contributed by atoms with Crippen molar-refractivity contribution >= 4 is 23.6 Å². The average molecular weight is 377 g/mol. The van der Waals surface area contributed by atoms with Gasteiger partial charge in [0.2, 0.25) is 5.76 Å². The number of nitro groups is 1. The molecule has 0 unspecified atom stereocenters. The number of furan rings is 1. The minimum atomic E-state index is -0.916. The van der Waals surface area contributed by atoms with E-state index in [0.717, 1.165) is 18.2 Å². The maximum atomic E-state index is 12.2. The summed E-state index contributed by atoms with van der Waals surface area (Å²) in [5.41, 5.74) is -0.811. The first-order chi connectivity index (χ1) is 12.8. The molecular weight excluding hydrogens is 362 g/mol. The number of benzene rings is 1. The van der Waals surface area contributed by atoms with Gasteiger partial charge >= 0.3 is 17.9 Å². The summed E-state index contributed by atoms with van der Waals surface area (Å²) in [4.78, 5) is 45.6. The Hall–Kier alpha value is -3.69. The van der Waals surface area contributed by atoms with Crippen molar-refractivity contribution in [3.63, 3.8) is 0 Å². The van der Waals surface area contributed by atoms with Crippen LogP contribution in [0.2, 0.25) is 0 Å². The Labute approximate surface area is 152 Å². The number of carbonyl (C=O) groups excluding carboxylic acids is 3. The topological polar surface area (TPSA) is 135 Å². The fourth-order valence-electron chi connectivity index (χ4n) is 2.05. The van der Waals surface area contributed by atoms with Crippen LogP contribution >= 0.6 is 0 Å². The first-order valence-electron chi connectivity index (χ1n) is 7.66. The van der Waals surface area contributed by atoms with E-state index in [0.29, 0.717) is 0 Å². The zero-order valence-corrected chi connectivity index (χ0v) is 14.4.